The molecule has 0 radical (unpaired) electrons. The summed E-state index contributed by atoms with van der Waals surface area (Å²) in [6, 6.07) is 0.101. The maximum absolute atomic E-state index is 11.7. The zero-order valence-corrected chi connectivity index (χ0v) is 9.28. The van der Waals surface area contributed by atoms with Crippen molar-refractivity contribution in [3.05, 3.63) is 26.5 Å². The summed E-state index contributed by atoms with van der Waals surface area (Å²) in [5, 5.41) is 8.24. The monoisotopic (exact) mass is 238 g/mol. The third-order valence-corrected chi connectivity index (χ3v) is 2.87. The Morgan fingerprint density at radius 2 is 1.94 bits per heavy atom. The summed E-state index contributed by atoms with van der Waals surface area (Å²) in [5.74, 6) is -0.533. The van der Waals surface area contributed by atoms with Gasteiger partial charge in [-0.1, -0.05) is 19.3 Å². The molecule has 1 aliphatic rings. The van der Waals surface area contributed by atoms with Gasteiger partial charge in [-0.2, -0.15) is 5.10 Å². The molecule has 0 spiro atoms. The minimum Gasteiger partial charge on any atom is -0.348 e. The molecule has 17 heavy (non-hydrogen) atoms. The molecule has 1 fully saturated rings. The Bertz CT molecular complexity index is 513. The van der Waals surface area contributed by atoms with Crippen LogP contribution in [0.25, 0.3) is 0 Å². The van der Waals surface area contributed by atoms with Crippen LogP contribution in [0.3, 0.4) is 0 Å². The molecule has 0 bridgehead atoms. The molecule has 0 atom stereocenters. The number of aromatic amines is 2. The summed E-state index contributed by atoms with van der Waals surface area (Å²) in [4.78, 5) is 35.8. The van der Waals surface area contributed by atoms with Crippen molar-refractivity contribution in [1.29, 1.82) is 0 Å². The summed E-state index contributed by atoms with van der Waals surface area (Å²) in [6.07, 6.45) is 5.20. The first-order chi connectivity index (χ1) is 8.16. The topological polar surface area (TPSA) is 108 Å². The van der Waals surface area contributed by atoms with E-state index in [2.05, 4.69) is 10.4 Å². The standard InChI is InChI=1S/C10H14N4O3/c15-8(11-6-4-2-1-3-5-6)7-9(16)12-10(17)14-13-7/h6H,1-5H2,(H,11,15)(H2,12,14,16,17). The second-order valence-corrected chi connectivity index (χ2v) is 4.16. The summed E-state index contributed by atoms with van der Waals surface area (Å²) in [6.45, 7) is 0. The lowest BCUT2D eigenvalue weighted by Gasteiger charge is -2.22. The maximum atomic E-state index is 11.7. The predicted molar refractivity (Wildman–Crippen MR) is 59.8 cm³/mol. The Morgan fingerprint density at radius 3 is 2.59 bits per heavy atom. The Labute approximate surface area is 96.6 Å². The van der Waals surface area contributed by atoms with Crippen LogP contribution in [0.4, 0.5) is 0 Å². The van der Waals surface area contributed by atoms with Gasteiger partial charge in [0.1, 0.15) is 0 Å². The van der Waals surface area contributed by atoms with Crippen LogP contribution in [0.1, 0.15) is 42.6 Å². The molecule has 7 heteroatoms. The number of hydrogen-bond donors (Lipinski definition) is 3. The van der Waals surface area contributed by atoms with Crippen molar-refractivity contribution in [2.75, 3.05) is 0 Å². The minimum absolute atomic E-state index is 0.101. The second kappa shape index (κ2) is 4.94. The molecule has 1 saturated carbocycles. The Morgan fingerprint density at radius 1 is 1.24 bits per heavy atom. The predicted octanol–water partition coefficient (Wildman–Crippen LogP) is -0.479. The molecule has 0 unspecified atom stereocenters. The van der Waals surface area contributed by atoms with E-state index in [9.17, 15) is 14.4 Å². The number of carbonyl (C=O) groups excluding carboxylic acids is 1. The summed E-state index contributed by atoms with van der Waals surface area (Å²) < 4.78 is 0. The molecular formula is C10H14N4O3. The lowest BCUT2D eigenvalue weighted by atomic mass is 9.95. The van der Waals surface area contributed by atoms with Gasteiger partial charge >= 0.3 is 5.69 Å². The third kappa shape index (κ3) is 2.80. The van der Waals surface area contributed by atoms with Gasteiger partial charge in [0.05, 0.1) is 0 Å². The highest BCUT2D eigenvalue weighted by molar-refractivity contribution is 5.91. The number of aromatic nitrogens is 3. The molecule has 1 heterocycles. The van der Waals surface area contributed by atoms with Gasteiger partial charge in [0.25, 0.3) is 11.5 Å². The Hall–Kier alpha value is -1.92. The van der Waals surface area contributed by atoms with Crippen molar-refractivity contribution in [2.45, 2.75) is 38.1 Å². The fourth-order valence-corrected chi connectivity index (χ4v) is 2.00. The van der Waals surface area contributed by atoms with Gasteiger partial charge in [-0.3, -0.25) is 14.6 Å². The Balaban J connectivity index is 2.08. The molecule has 0 aliphatic heterocycles. The number of rotatable bonds is 2. The number of nitrogens with zero attached hydrogens (tertiary/aromatic N) is 1. The molecule has 2 rings (SSSR count). The molecule has 92 valence electrons. The Kier molecular flexibility index (Phi) is 3.36. The number of nitrogens with one attached hydrogen (secondary N) is 3. The largest absolute Gasteiger partial charge is 0.348 e. The van der Waals surface area contributed by atoms with E-state index >= 15 is 0 Å². The minimum atomic E-state index is -0.762. The third-order valence-electron chi connectivity index (χ3n) is 2.87. The summed E-state index contributed by atoms with van der Waals surface area (Å²) in [5.41, 5.74) is -1.78. The molecular weight excluding hydrogens is 224 g/mol. The number of amides is 1. The van der Waals surface area contributed by atoms with E-state index in [0.29, 0.717) is 0 Å². The fourth-order valence-electron chi connectivity index (χ4n) is 2.00. The van der Waals surface area contributed by atoms with E-state index in [1.54, 1.807) is 0 Å². The average Bonchev–Trinajstić information content (AvgIpc) is 2.30. The van der Waals surface area contributed by atoms with Crippen LogP contribution in [-0.2, 0) is 0 Å². The van der Waals surface area contributed by atoms with Crippen molar-refractivity contribution in [3.8, 4) is 0 Å². The van der Waals surface area contributed by atoms with Crippen LogP contribution in [0, 0.1) is 0 Å². The SMILES string of the molecule is O=C(NC1CCCCC1)c1n[nH]c(=O)[nH]c1=O. The molecule has 0 saturated heterocycles. The quantitative estimate of drug-likeness (QED) is 0.646. The lowest BCUT2D eigenvalue weighted by Crippen LogP contribution is -2.41. The molecule has 1 aromatic rings. The van der Waals surface area contributed by atoms with Crippen molar-refractivity contribution < 1.29 is 4.79 Å². The van der Waals surface area contributed by atoms with Crippen molar-refractivity contribution in [2.24, 2.45) is 0 Å². The van der Waals surface area contributed by atoms with Gasteiger partial charge in [-0.15, -0.1) is 0 Å². The van der Waals surface area contributed by atoms with Crippen LogP contribution in [0.5, 0.6) is 0 Å². The van der Waals surface area contributed by atoms with Gasteiger partial charge in [0.2, 0.25) is 5.69 Å². The van der Waals surface area contributed by atoms with E-state index < -0.39 is 17.2 Å². The number of carbonyl (C=O) groups is 1. The van der Waals surface area contributed by atoms with Crippen LogP contribution < -0.4 is 16.6 Å². The molecule has 0 aromatic carbocycles. The first-order valence-corrected chi connectivity index (χ1v) is 5.66. The van der Waals surface area contributed by atoms with Gasteiger partial charge in [-0.25, -0.2) is 9.89 Å². The van der Waals surface area contributed by atoms with E-state index in [0.717, 1.165) is 25.7 Å². The average molecular weight is 238 g/mol. The van der Waals surface area contributed by atoms with Crippen LogP contribution in [0.15, 0.2) is 9.59 Å². The van der Waals surface area contributed by atoms with E-state index in [1.165, 1.54) is 6.42 Å². The van der Waals surface area contributed by atoms with Crippen LogP contribution in [-0.4, -0.2) is 27.1 Å². The smallest absolute Gasteiger partial charge is 0.342 e. The van der Waals surface area contributed by atoms with Gasteiger partial charge < -0.3 is 5.32 Å². The number of hydrogen-bond acceptors (Lipinski definition) is 4. The highest BCUT2D eigenvalue weighted by atomic mass is 16.2. The molecule has 1 aliphatic carbocycles. The van der Waals surface area contributed by atoms with Crippen molar-refractivity contribution in [1.82, 2.24) is 20.5 Å². The van der Waals surface area contributed by atoms with Crippen LogP contribution >= 0.6 is 0 Å². The maximum Gasteiger partial charge on any atom is 0.342 e. The van der Waals surface area contributed by atoms with Gasteiger partial charge in [-0.05, 0) is 12.8 Å². The zero-order chi connectivity index (χ0) is 12.3. The first-order valence-electron chi connectivity index (χ1n) is 5.66. The highest BCUT2D eigenvalue weighted by Crippen LogP contribution is 2.17. The highest BCUT2D eigenvalue weighted by Gasteiger charge is 2.19. The van der Waals surface area contributed by atoms with E-state index in [-0.39, 0.29) is 11.7 Å². The number of H-pyrrole nitrogens is 2. The summed E-state index contributed by atoms with van der Waals surface area (Å²) >= 11 is 0. The van der Waals surface area contributed by atoms with E-state index in [4.69, 9.17) is 0 Å². The molecule has 1 amide bonds. The van der Waals surface area contributed by atoms with Crippen LogP contribution in [0.2, 0.25) is 0 Å². The van der Waals surface area contributed by atoms with E-state index in [1.807, 2.05) is 10.1 Å². The lowest BCUT2D eigenvalue weighted by molar-refractivity contribution is 0.0919. The molecule has 1 aromatic heterocycles. The fraction of sp³-hybridized carbons (Fsp3) is 0.600. The van der Waals surface area contributed by atoms with Crippen molar-refractivity contribution >= 4 is 5.91 Å². The zero-order valence-electron chi connectivity index (χ0n) is 9.28. The van der Waals surface area contributed by atoms with Gasteiger partial charge in [0, 0.05) is 6.04 Å². The first kappa shape index (κ1) is 11.6. The van der Waals surface area contributed by atoms with Gasteiger partial charge in [0.15, 0.2) is 0 Å². The second-order valence-electron chi connectivity index (χ2n) is 4.16. The van der Waals surface area contributed by atoms with Crippen molar-refractivity contribution in [3.63, 3.8) is 0 Å². The molecule has 3 N–H and O–H groups in total. The summed E-state index contributed by atoms with van der Waals surface area (Å²) in [7, 11) is 0. The molecule has 7 nitrogen and oxygen atoms in total. The normalized spacial score (nSPS) is 16.7.